The topological polar surface area (TPSA) is 108 Å². The van der Waals surface area contributed by atoms with E-state index in [-0.39, 0.29) is 25.5 Å². The Hall–Kier alpha value is -2.71. The molecule has 3 rings (SSSR count). The molecule has 8 nitrogen and oxygen atoms in total. The first-order valence-corrected chi connectivity index (χ1v) is 7.16. The van der Waals surface area contributed by atoms with Gasteiger partial charge in [0.15, 0.2) is 0 Å². The van der Waals surface area contributed by atoms with Gasteiger partial charge in [0, 0.05) is 23.3 Å². The summed E-state index contributed by atoms with van der Waals surface area (Å²) in [6, 6.07) is 5.36. The summed E-state index contributed by atoms with van der Waals surface area (Å²) in [5.41, 5.74) is 1.60. The number of aliphatic hydroxyl groups excluding tert-OH is 2. The minimum absolute atomic E-state index is 0.00326. The number of carbonyl (C=O) groups is 2. The molecule has 1 aliphatic rings. The van der Waals surface area contributed by atoms with Gasteiger partial charge in [0.05, 0.1) is 31.8 Å². The Bertz CT molecular complexity index is 796. The van der Waals surface area contributed by atoms with Crippen LogP contribution in [0, 0.1) is 0 Å². The van der Waals surface area contributed by atoms with Crippen LogP contribution < -0.4 is 5.32 Å². The molecule has 0 bridgehead atoms. The average Bonchev–Trinajstić information content (AvgIpc) is 3.03. The molecule has 0 atom stereocenters. The molecule has 0 aliphatic carbocycles. The molecule has 3 N–H and O–H groups in total. The third-order valence-electron chi connectivity index (χ3n) is 3.49. The zero-order valence-corrected chi connectivity index (χ0v) is 12.3. The second kappa shape index (κ2) is 6.19. The highest BCUT2D eigenvalue weighted by Crippen LogP contribution is 2.21. The molecule has 1 aromatic heterocycles. The van der Waals surface area contributed by atoms with Crippen molar-refractivity contribution in [1.29, 1.82) is 0 Å². The van der Waals surface area contributed by atoms with E-state index in [4.69, 9.17) is 10.2 Å². The summed E-state index contributed by atoms with van der Waals surface area (Å²) in [6.45, 7) is 0.121. The molecule has 2 amide bonds. The number of β-amino-alcohol motifs (C(OH)–C–C–N with tert-alkyl or cyclic N) is 1. The van der Waals surface area contributed by atoms with Crippen molar-refractivity contribution < 1.29 is 19.8 Å². The summed E-state index contributed by atoms with van der Waals surface area (Å²) in [4.78, 5) is 24.8. The average molecular weight is 316 g/mol. The predicted octanol–water partition coefficient (Wildman–Crippen LogP) is -0.315. The molecule has 0 radical (unpaired) electrons. The standard InChI is InChI=1S/C15H16N4O4/c20-5-3-18-9-10-7-11(1-2-12(10)17-18)16-13-8-14(22)19(4-6-21)15(13)23/h1-2,7-9,16,20-21H,3-6H2. The van der Waals surface area contributed by atoms with Crippen molar-refractivity contribution in [2.75, 3.05) is 25.1 Å². The number of hydrogen-bond acceptors (Lipinski definition) is 6. The maximum atomic E-state index is 12.1. The van der Waals surface area contributed by atoms with Crippen molar-refractivity contribution in [1.82, 2.24) is 14.7 Å². The molecular formula is C15H16N4O4. The van der Waals surface area contributed by atoms with E-state index in [0.717, 1.165) is 15.8 Å². The van der Waals surface area contributed by atoms with Gasteiger partial charge in [0.2, 0.25) is 0 Å². The van der Waals surface area contributed by atoms with Gasteiger partial charge < -0.3 is 15.5 Å². The van der Waals surface area contributed by atoms with E-state index in [1.165, 1.54) is 6.08 Å². The lowest BCUT2D eigenvalue weighted by Gasteiger charge is -2.13. The molecule has 23 heavy (non-hydrogen) atoms. The maximum Gasteiger partial charge on any atom is 0.277 e. The summed E-state index contributed by atoms with van der Waals surface area (Å²) in [6.07, 6.45) is 3.02. The molecule has 2 aromatic rings. The fourth-order valence-electron chi connectivity index (χ4n) is 2.44. The van der Waals surface area contributed by atoms with Gasteiger partial charge in [0.25, 0.3) is 11.8 Å². The Kier molecular flexibility index (Phi) is 4.09. The molecule has 0 unspecified atom stereocenters. The number of carbonyl (C=O) groups excluding carboxylic acids is 2. The van der Waals surface area contributed by atoms with Gasteiger partial charge in [0.1, 0.15) is 5.70 Å². The lowest BCUT2D eigenvalue weighted by atomic mass is 10.2. The van der Waals surface area contributed by atoms with Gasteiger partial charge in [-0.15, -0.1) is 0 Å². The minimum Gasteiger partial charge on any atom is -0.395 e. The maximum absolute atomic E-state index is 12.1. The number of rotatable bonds is 6. The Labute approximate surface area is 131 Å². The number of aliphatic hydroxyl groups is 2. The summed E-state index contributed by atoms with van der Waals surface area (Å²) in [7, 11) is 0. The van der Waals surface area contributed by atoms with Gasteiger partial charge in [-0.3, -0.25) is 19.2 Å². The highest BCUT2D eigenvalue weighted by molar-refractivity contribution is 6.17. The van der Waals surface area contributed by atoms with Gasteiger partial charge in [-0.2, -0.15) is 5.10 Å². The first kappa shape index (κ1) is 15.2. The summed E-state index contributed by atoms with van der Waals surface area (Å²) in [5, 5.41) is 25.9. The normalized spacial score (nSPS) is 14.7. The Morgan fingerprint density at radius 2 is 1.91 bits per heavy atom. The number of nitrogens with zero attached hydrogens (tertiary/aromatic N) is 3. The molecule has 0 saturated carbocycles. The Morgan fingerprint density at radius 1 is 1.13 bits per heavy atom. The van der Waals surface area contributed by atoms with Gasteiger partial charge >= 0.3 is 0 Å². The second-order valence-corrected chi connectivity index (χ2v) is 5.09. The largest absolute Gasteiger partial charge is 0.395 e. The van der Waals surface area contributed by atoms with Crippen LogP contribution in [0.3, 0.4) is 0 Å². The lowest BCUT2D eigenvalue weighted by Crippen LogP contribution is -2.34. The van der Waals surface area contributed by atoms with Crippen LogP contribution in [0.2, 0.25) is 0 Å². The summed E-state index contributed by atoms with van der Waals surface area (Å²) in [5.74, 6) is -0.900. The van der Waals surface area contributed by atoms with Gasteiger partial charge in [-0.1, -0.05) is 0 Å². The number of benzene rings is 1. The van der Waals surface area contributed by atoms with Crippen molar-refractivity contribution in [3.8, 4) is 0 Å². The van der Waals surface area contributed by atoms with Crippen LogP contribution in [0.1, 0.15) is 0 Å². The van der Waals surface area contributed by atoms with E-state index < -0.39 is 11.8 Å². The van der Waals surface area contributed by atoms with Crippen molar-refractivity contribution in [2.45, 2.75) is 6.54 Å². The third-order valence-corrected chi connectivity index (χ3v) is 3.49. The van der Waals surface area contributed by atoms with Crippen molar-refractivity contribution in [3.05, 3.63) is 36.2 Å². The highest BCUT2D eigenvalue weighted by Gasteiger charge is 2.30. The molecule has 120 valence electrons. The van der Waals surface area contributed by atoms with Crippen LogP contribution in [-0.2, 0) is 16.1 Å². The monoisotopic (exact) mass is 316 g/mol. The highest BCUT2D eigenvalue weighted by atomic mass is 16.3. The number of nitrogens with one attached hydrogen (secondary N) is 1. The Morgan fingerprint density at radius 3 is 2.65 bits per heavy atom. The van der Waals surface area contributed by atoms with E-state index in [9.17, 15) is 9.59 Å². The van der Waals surface area contributed by atoms with E-state index in [1.807, 2.05) is 6.07 Å². The van der Waals surface area contributed by atoms with Crippen molar-refractivity contribution in [3.63, 3.8) is 0 Å². The van der Waals surface area contributed by atoms with Gasteiger partial charge in [-0.25, -0.2) is 0 Å². The molecule has 2 heterocycles. The van der Waals surface area contributed by atoms with Crippen LogP contribution in [0.5, 0.6) is 0 Å². The molecule has 1 aliphatic heterocycles. The minimum atomic E-state index is -0.458. The fraction of sp³-hybridized carbons (Fsp3) is 0.267. The summed E-state index contributed by atoms with van der Waals surface area (Å²) >= 11 is 0. The van der Waals surface area contributed by atoms with E-state index in [1.54, 1.807) is 23.0 Å². The number of aromatic nitrogens is 2. The van der Waals surface area contributed by atoms with Crippen LogP contribution in [0.25, 0.3) is 10.9 Å². The number of amides is 2. The van der Waals surface area contributed by atoms with E-state index in [0.29, 0.717) is 12.2 Å². The number of hydrogen-bond donors (Lipinski definition) is 3. The number of fused-ring (bicyclic) bond motifs is 1. The predicted molar refractivity (Wildman–Crippen MR) is 82.3 cm³/mol. The molecule has 0 spiro atoms. The molecule has 1 aromatic carbocycles. The zero-order chi connectivity index (χ0) is 16.4. The molecule has 0 fully saturated rings. The fourth-order valence-corrected chi connectivity index (χ4v) is 2.44. The van der Waals surface area contributed by atoms with Crippen molar-refractivity contribution in [2.24, 2.45) is 0 Å². The van der Waals surface area contributed by atoms with Crippen LogP contribution in [0.4, 0.5) is 5.69 Å². The number of imide groups is 1. The molecule has 8 heteroatoms. The zero-order valence-electron chi connectivity index (χ0n) is 12.3. The lowest BCUT2D eigenvalue weighted by molar-refractivity contribution is -0.137. The quantitative estimate of drug-likeness (QED) is 0.631. The van der Waals surface area contributed by atoms with E-state index >= 15 is 0 Å². The van der Waals surface area contributed by atoms with Gasteiger partial charge in [-0.05, 0) is 18.2 Å². The molecule has 0 saturated heterocycles. The summed E-state index contributed by atoms with van der Waals surface area (Å²) < 4.78 is 1.64. The number of anilines is 1. The second-order valence-electron chi connectivity index (χ2n) is 5.09. The first-order valence-electron chi connectivity index (χ1n) is 7.16. The SMILES string of the molecule is O=C1C=C(Nc2ccc3nn(CCO)cc3c2)C(=O)N1CCO. The van der Waals surface area contributed by atoms with Crippen LogP contribution in [0.15, 0.2) is 36.2 Å². The first-order chi connectivity index (χ1) is 11.1. The van der Waals surface area contributed by atoms with E-state index in [2.05, 4.69) is 10.4 Å². The Balaban J connectivity index is 1.80. The van der Waals surface area contributed by atoms with Crippen molar-refractivity contribution >= 4 is 28.4 Å². The molecular weight excluding hydrogens is 300 g/mol. The van der Waals surface area contributed by atoms with Crippen LogP contribution in [-0.4, -0.2) is 56.5 Å². The smallest absolute Gasteiger partial charge is 0.277 e. The van der Waals surface area contributed by atoms with Crippen LogP contribution >= 0.6 is 0 Å². The third kappa shape index (κ3) is 2.94.